The van der Waals surface area contributed by atoms with Gasteiger partial charge in [-0.05, 0) is 45.8 Å². The molecule has 5 nitrogen and oxygen atoms in total. The van der Waals surface area contributed by atoms with Gasteiger partial charge in [0.2, 0.25) is 0 Å². The lowest BCUT2D eigenvalue weighted by Crippen LogP contribution is -2.46. The fraction of sp³-hybridized carbons (Fsp3) is 0.294. The van der Waals surface area contributed by atoms with Gasteiger partial charge in [0, 0.05) is 32.7 Å². The Morgan fingerprint density at radius 1 is 1.21 bits per heavy atom. The minimum absolute atomic E-state index is 0.0558. The van der Waals surface area contributed by atoms with Gasteiger partial charge in [0.05, 0.1) is 4.47 Å². The summed E-state index contributed by atoms with van der Waals surface area (Å²) in [5.41, 5.74) is 0.996. The molecule has 0 bridgehead atoms. The molecule has 1 aromatic carbocycles. The standard InChI is InChI=1S/C17H17BrFN3O2/c18-13-5-4-12(10-14(13)19)11-21-6-8-22(9-7-21)16-3-1-2-15(20-16)17(23)24/h1-5,10H,6-9,11H2,(H,23,24). The van der Waals surface area contributed by atoms with Crippen LogP contribution in [0.2, 0.25) is 0 Å². The average Bonchev–Trinajstić information content (AvgIpc) is 2.59. The first-order valence-electron chi connectivity index (χ1n) is 7.64. The number of halogens is 2. The van der Waals surface area contributed by atoms with E-state index in [0.717, 1.165) is 31.7 Å². The Morgan fingerprint density at radius 2 is 1.96 bits per heavy atom. The van der Waals surface area contributed by atoms with Crippen LogP contribution in [-0.4, -0.2) is 47.1 Å². The van der Waals surface area contributed by atoms with E-state index in [4.69, 9.17) is 5.11 Å². The molecule has 3 rings (SSSR count). The molecule has 24 heavy (non-hydrogen) atoms. The van der Waals surface area contributed by atoms with E-state index in [1.165, 1.54) is 6.07 Å². The fourth-order valence-electron chi connectivity index (χ4n) is 2.75. The van der Waals surface area contributed by atoms with Crippen LogP contribution >= 0.6 is 15.9 Å². The Bertz CT molecular complexity index is 748. The Balaban J connectivity index is 1.60. The van der Waals surface area contributed by atoms with Crippen LogP contribution in [0.4, 0.5) is 10.2 Å². The van der Waals surface area contributed by atoms with Crippen LogP contribution in [0.3, 0.4) is 0 Å². The fourth-order valence-corrected chi connectivity index (χ4v) is 3.00. The monoisotopic (exact) mass is 393 g/mol. The van der Waals surface area contributed by atoms with Crippen LogP contribution in [0.5, 0.6) is 0 Å². The number of benzene rings is 1. The molecular formula is C17H17BrFN3O2. The van der Waals surface area contributed by atoms with Crippen LogP contribution < -0.4 is 4.90 Å². The van der Waals surface area contributed by atoms with Crippen molar-refractivity contribution in [3.05, 3.63) is 57.9 Å². The predicted octanol–water partition coefficient (Wildman–Crippen LogP) is 3.00. The van der Waals surface area contributed by atoms with Gasteiger partial charge in [0.1, 0.15) is 11.6 Å². The van der Waals surface area contributed by atoms with Crippen molar-refractivity contribution in [1.29, 1.82) is 0 Å². The summed E-state index contributed by atoms with van der Waals surface area (Å²) < 4.78 is 14.1. The van der Waals surface area contributed by atoms with Crippen LogP contribution in [0.25, 0.3) is 0 Å². The summed E-state index contributed by atoms with van der Waals surface area (Å²) in [5, 5.41) is 9.03. The second-order valence-corrected chi connectivity index (χ2v) is 6.55. The van der Waals surface area contributed by atoms with Crippen molar-refractivity contribution in [2.45, 2.75) is 6.54 Å². The van der Waals surface area contributed by atoms with Gasteiger partial charge in [-0.2, -0.15) is 0 Å². The number of pyridine rings is 1. The molecule has 0 saturated carbocycles. The Hall–Kier alpha value is -1.99. The van der Waals surface area contributed by atoms with Crippen molar-refractivity contribution in [2.75, 3.05) is 31.1 Å². The van der Waals surface area contributed by atoms with Gasteiger partial charge in [-0.3, -0.25) is 4.90 Å². The molecule has 0 spiro atoms. The van der Waals surface area contributed by atoms with E-state index in [-0.39, 0.29) is 11.5 Å². The van der Waals surface area contributed by atoms with Crippen LogP contribution in [-0.2, 0) is 6.54 Å². The average molecular weight is 394 g/mol. The van der Waals surface area contributed by atoms with Gasteiger partial charge in [0.15, 0.2) is 5.69 Å². The number of aromatic carboxylic acids is 1. The van der Waals surface area contributed by atoms with E-state index in [1.807, 2.05) is 12.1 Å². The lowest BCUT2D eigenvalue weighted by Gasteiger charge is -2.35. The largest absolute Gasteiger partial charge is 0.477 e. The number of piperazine rings is 1. The van der Waals surface area contributed by atoms with Gasteiger partial charge in [-0.25, -0.2) is 14.2 Å². The van der Waals surface area contributed by atoms with Crippen molar-refractivity contribution in [2.24, 2.45) is 0 Å². The van der Waals surface area contributed by atoms with Gasteiger partial charge in [-0.15, -0.1) is 0 Å². The third-order valence-electron chi connectivity index (χ3n) is 4.04. The molecule has 1 aliphatic heterocycles. The quantitative estimate of drug-likeness (QED) is 0.864. The maximum atomic E-state index is 13.6. The smallest absolute Gasteiger partial charge is 0.354 e. The number of hydrogen-bond acceptors (Lipinski definition) is 4. The summed E-state index contributed by atoms with van der Waals surface area (Å²) in [6.45, 7) is 3.85. The summed E-state index contributed by atoms with van der Waals surface area (Å²) >= 11 is 3.16. The summed E-state index contributed by atoms with van der Waals surface area (Å²) in [7, 11) is 0. The molecule has 0 aliphatic carbocycles. The molecule has 0 unspecified atom stereocenters. The highest BCUT2D eigenvalue weighted by molar-refractivity contribution is 9.10. The minimum atomic E-state index is -1.02. The van der Waals surface area contributed by atoms with Gasteiger partial charge < -0.3 is 10.0 Å². The predicted molar refractivity (Wildman–Crippen MR) is 92.8 cm³/mol. The first-order chi connectivity index (χ1) is 11.5. The van der Waals surface area contributed by atoms with Gasteiger partial charge >= 0.3 is 5.97 Å². The lowest BCUT2D eigenvalue weighted by molar-refractivity contribution is 0.0690. The van der Waals surface area contributed by atoms with E-state index >= 15 is 0 Å². The molecule has 1 saturated heterocycles. The molecule has 1 fully saturated rings. The lowest BCUT2D eigenvalue weighted by atomic mass is 10.2. The number of hydrogen-bond donors (Lipinski definition) is 1. The second-order valence-electron chi connectivity index (χ2n) is 5.70. The highest BCUT2D eigenvalue weighted by Gasteiger charge is 2.19. The summed E-state index contributed by atoms with van der Waals surface area (Å²) in [6.07, 6.45) is 0. The molecule has 1 aromatic heterocycles. The maximum Gasteiger partial charge on any atom is 0.354 e. The number of carbonyl (C=O) groups is 1. The number of carboxylic acids is 1. The van der Waals surface area contributed by atoms with E-state index in [2.05, 4.69) is 30.7 Å². The summed E-state index contributed by atoms with van der Waals surface area (Å²) in [6, 6.07) is 10.2. The molecule has 7 heteroatoms. The van der Waals surface area contributed by atoms with Crippen molar-refractivity contribution in [3.8, 4) is 0 Å². The molecule has 0 atom stereocenters. The van der Waals surface area contributed by atoms with Crippen LogP contribution in [0.15, 0.2) is 40.9 Å². The second kappa shape index (κ2) is 7.27. The summed E-state index contributed by atoms with van der Waals surface area (Å²) in [4.78, 5) is 19.5. The number of nitrogens with zero attached hydrogens (tertiary/aromatic N) is 3. The van der Waals surface area contributed by atoms with Gasteiger partial charge in [0.25, 0.3) is 0 Å². The zero-order valence-electron chi connectivity index (χ0n) is 13.0. The Kier molecular flexibility index (Phi) is 5.11. The van der Waals surface area contributed by atoms with E-state index in [1.54, 1.807) is 18.2 Å². The highest BCUT2D eigenvalue weighted by atomic mass is 79.9. The molecule has 126 valence electrons. The normalized spacial score (nSPS) is 15.5. The third kappa shape index (κ3) is 3.91. The molecule has 2 aromatic rings. The molecule has 2 heterocycles. The van der Waals surface area contributed by atoms with Crippen molar-refractivity contribution < 1.29 is 14.3 Å². The first-order valence-corrected chi connectivity index (χ1v) is 8.44. The molecular weight excluding hydrogens is 377 g/mol. The zero-order chi connectivity index (χ0) is 17.1. The van der Waals surface area contributed by atoms with Crippen molar-refractivity contribution >= 4 is 27.7 Å². The Morgan fingerprint density at radius 3 is 2.62 bits per heavy atom. The minimum Gasteiger partial charge on any atom is -0.477 e. The topological polar surface area (TPSA) is 56.7 Å². The highest BCUT2D eigenvalue weighted by Crippen LogP contribution is 2.19. The van der Waals surface area contributed by atoms with E-state index in [0.29, 0.717) is 16.8 Å². The van der Waals surface area contributed by atoms with Crippen molar-refractivity contribution in [3.63, 3.8) is 0 Å². The molecule has 0 radical (unpaired) electrons. The maximum absolute atomic E-state index is 13.6. The number of anilines is 1. The van der Waals surface area contributed by atoms with Crippen molar-refractivity contribution in [1.82, 2.24) is 9.88 Å². The molecule has 1 N–H and O–H groups in total. The number of aromatic nitrogens is 1. The number of carboxylic acid groups (broad SMARTS) is 1. The SMILES string of the molecule is O=C(O)c1cccc(N2CCN(Cc3ccc(Br)c(F)c3)CC2)n1. The third-order valence-corrected chi connectivity index (χ3v) is 4.68. The first kappa shape index (κ1) is 16.9. The number of rotatable bonds is 4. The Labute approximate surface area is 147 Å². The zero-order valence-corrected chi connectivity index (χ0v) is 14.5. The molecule has 0 amide bonds. The molecule has 1 aliphatic rings. The summed E-state index contributed by atoms with van der Waals surface area (Å²) in [5.74, 6) is -0.585. The van der Waals surface area contributed by atoms with E-state index in [9.17, 15) is 9.18 Å². The van der Waals surface area contributed by atoms with Crippen LogP contribution in [0, 0.1) is 5.82 Å². The van der Waals surface area contributed by atoms with Crippen LogP contribution in [0.1, 0.15) is 16.1 Å². The van der Waals surface area contributed by atoms with E-state index < -0.39 is 5.97 Å². The van der Waals surface area contributed by atoms with Gasteiger partial charge in [-0.1, -0.05) is 12.1 Å².